The van der Waals surface area contributed by atoms with E-state index in [0.717, 1.165) is 44.6 Å². The Labute approximate surface area is 369 Å². The molecule has 346 valence electrons. The van der Waals surface area contributed by atoms with Crippen molar-refractivity contribution in [2.75, 3.05) is 13.2 Å². The van der Waals surface area contributed by atoms with Crippen LogP contribution in [0.4, 0.5) is 0 Å². The summed E-state index contributed by atoms with van der Waals surface area (Å²) in [6.45, 7) is 4.81. The van der Waals surface area contributed by atoms with Gasteiger partial charge >= 0.3 is 11.9 Å². The molecule has 0 radical (unpaired) electrons. The summed E-state index contributed by atoms with van der Waals surface area (Å²) in [7, 11) is -4.77. The number of carbonyl (C=O) groups excluding carboxylic acids is 2. The van der Waals surface area contributed by atoms with E-state index < -0.39 is 32.5 Å². The van der Waals surface area contributed by atoms with Crippen LogP contribution >= 0.6 is 0 Å². The lowest BCUT2D eigenvalue weighted by atomic mass is 10.1. The van der Waals surface area contributed by atoms with E-state index in [-0.39, 0.29) is 18.8 Å². The summed E-state index contributed by atoms with van der Waals surface area (Å²) in [6.07, 6.45) is 53.4. The van der Waals surface area contributed by atoms with Crippen LogP contribution in [-0.4, -0.2) is 38.1 Å². The predicted molar refractivity (Wildman–Crippen MR) is 253 cm³/mol. The first kappa shape index (κ1) is 55.6. The second kappa shape index (κ2) is 40.6. The van der Waals surface area contributed by atoms with E-state index in [2.05, 4.69) is 38.2 Å². The van der Waals surface area contributed by atoms with E-state index in [1.807, 2.05) is 0 Å². The molecule has 0 bridgehead atoms. The van der Waals surface area contributed by atoms with Gasteiger partial charge in [0.1, 0.15) is 4.90 Å². The molecule has 0 heterocycles. The fourth-order valence-corrected chi connectivity index (χ4v) is 8.42. The normalized spacial score (nSPS) is 11.9. The zero-order valence-electron chi connectivity index (χ0n) is 38.7. The Bertz CT molecular complexity index is 1340. The number of ether oxygens (including phenoxy) is 2. The topological polar surface area (TPSA) is 107 Å². The van der Waals surface area contributed by atoms with Crippen LogP contribution in [0.5, 0.6) is 0 Å². The van der Waals surface area contributed by atoms with Gasteiger partial charge in [0.05, 0.1) is 24.3 Å². The smallest absolute Gasteiger partial charge is 0.340 e. The van der Waals surface area contributed by atoms with E-state index in [1.165, 1.54) is 192 Å². The van der Waals surface area contributed by atoms with Crippen molar-refractivity contribution in [3.05, 3.63) is 53.6 Å². The highest BCUT2D eigenvalue weighted by Gasteiger charge is 2.28. The minimum atomic E-state index is -4.77. The third kappa shape index (κ3) is 32.3. The molecular weight excluding hydrogens is 769 g/mol. The molecule has 0 amide bonds. The average molecular weight is 859 g/mol. The number of allylic oxidation sites excluding steroid dienone is 4. The molecule has 7 nitrogen and oxygen atoms in total. The number of unbranched alkanes of at least 4 members (excludes halogenated alkanes) is 32. The van der Waals surface area contributed by atoms with Crippen LogP contribution in [-0.2, 0) is 19.6 Å². The molecule has 0 unspecified atom stereocenters. The zero-order valence-corrected chi connectivity index (χ0v) is 39.5. The largest absolute Gasteiger partial charge is 0.462 e. The van der Waals surface area contributed by atoms with Crippen LogP contribution in [0.1, 0.15) is 266 Å². The van der Waals surface area contributed by atoms with Crippen LogP contribution in [0.2, 0.25) is 0 Å². The van der Waals surface area contributed by atoms with Crippen LogP contribution in [0.15, 0.2) is 47.4 Å². The van der Waals surface area contributed by atoms with Gasteiger partial charge in [0.2, 0.25) is 0 Å². The number of hydrogen-bond acceptors (Lipinski definition) is 6. The van der Waals surface area contributed by atoms with Crippen molar-refractivity contribution >= 4 is 22.1 Å². The molecule has 0 spiro atoms. The zero-order chi connectivity index (χ0) is 43.6. The van der Waals surface area contributed by atoms with E-state index in [0.29, 0.717) is 12.8 Å². The monoisotopic (exact) mass is 859 g/mol. The highest BCUT2D eigenvalue weighted by atomic mass is 32.2. The SMILES string of the molecule is CCCCCCCC/C=C/CCCCCCCCCCCCOC(=O)c1cccc(S(=O)(=O)O)c1C(=O)OCCCCCCCCCCCC/C=C/CCCCCCCC. The lowest BCUT2D eigenvalue weighted by Crippen LogP contribution is -2.19. The second-order valence-electron chi connectivity index (χ2n) is 17.1. The Morgan fingerprint density at radius 1 is 0.450 bits per heavy atom. The van der Waals surface area contributed by atoms with Crippen molar-refractivity contribution in [2.24, 2.45) is 0 Å². The van der Waals surface area contributed by atoms with Crippen molar-refractivity contribution in [3.63, 3.8) is 0 Å². The molecule has 0 aliphatic carbocycles. The van der Waals surface area contributed by atoms with Crippen molar-refractivity contribution < 1.29 is 32.0 Å². The van der Waals surface area contributed by atoms with Crippen molar-refractivity contribution in [3.8, 4) is 0 Å². The average Bonchev–Trinajstić information content (AvgIpc) is 3.24. The van der Waals surface area contributed by atoms with Gasteiger partial charge in [-0.3, -0.25) is 4.55 Å². The first-order valence-electron chi connectivity index (χ1n) is 25.1. The lowest BCUT2D eigenvalue weighted by Gasteiger charge is -2.13. The fourth-order valence-electron chi connectivity index (χ4n) is 7.72. The molecule has 1 N–H and O–H groups in total. The van der Waals surface area contributed by atoms with Crippen LogP contribution in [0.3, 0.4) is 0 Å². The molecule has 0 aliphatic heterocycles. The van der Waals surface area contributed by atoms with Gasteiger partial charge in [-0.1, -0.05) is 211 Å². The summed E-state index contributed by atoms with van der Waals surface area (Å²) in [5.41, 5.74) is -0.673. The van der Waals surface area contributed by atoms with Gasteiger partial charge in [-0.05, 0) is 76.3 Å². The van der Waals surface area contributed by atoms with Gasteiger partial charge in [0, 0.05) is 0 Å². The second-order valence-corrected chi connectivity index (χ2v) is 18.5. The minimum absolute atomic E-state index is 0.109. The molecule has 1 rings (SSSR count). The number of benzene rings is 1. The van der Waals surface area contributed by atoms with E-state index in [1.54, 1.807) is 0 Å². The van der Waals surface area contributed by atoms with Crippen molar-refractivity contribution in [1.82, 2.24) is 0 Å². The summed E-state index contributed by atoms with van der Waals surface area (Å²) >= 11 is 0. The highest BCUT2D eigenvalue weighted by molar-refractivity contribution is 7.86. The summed E-state index contributed by atoms with van der Waals surface area (Å²) < 4.78 is 45.0. The number of carbonyl (C=O) groups is 2. The van der Waals surface area contributed by atoms with Gasteiger partial charge in [-0.25, -0.2) is 9.59 Å². The first-order chi connectivity index (χ1) is 29.3. The third-order valence-corrected chi connectivity index (χ3v) is 12.4. The lowest BCUT2D eigenvalue weighted by molar-refractivity contribution is 0.0446. The maximum absolute atomic E-state index is 13.1. The Balaban J connectivity index is 2.16. The molecular formula is C52H90O7S. The first-order valence-corrected chi connectivity index (χ1v) is 26.5. The molecule has 0 aliphatic rings. The molecule has 0 fully saturated rings. The molecule has 0 saturated heterocycles. The Morgan fingerprint density at radius 2 is 0.750 bits per heavy atom. The Hall–Kier alpha value is -2.45. The van der Waals surface area contributed by atoms with Gasteiger partial charge in [0.25, 0.3) is 10.1 Å². The number of rotatable bonds is 43. The number of hydrogen-bond donors (Lipinski definition) is 1. The van der Waals surface area contributed by atoms with Gasteiger partial charge in [-0.15, -0.1) is 0 Å². The van der Waals surface area contributed by atoms with Gasteiger partial charge in [-0.2, -0.15) is 8.42 Å². The molecule has 0 saturated carbocycles. The van der Waals surface area contributed by atoms with Crippen molar-refractivity contribution in [2.45, 2.75) is 250 Å². The third-order valence-electron chi connectivity index (χ3n) is 11.5. The number of esters is 2. The molecule has 60 heavy (non-hydrogen) atoms. The molecule has 0 aromatic heterocycles. The maximum Gasteiger partial charge on any atom is 0.340 e. The van der Waals surface area contributed by atoms with Crippen LogP contribution < -0.4 is 0 Å². The van der Waals surface area contributed by atoms with Crippen LogP contribution in [0, 0.1) is 0 Å². The molecule has 1 aromatic carbocycles. The Morgan fingerprint density at radius 3 is 1.08 bits per heavy atom. The standard InChI is InChI=1S/C52H90O7S/c1-3-5-7-9-11-13-15-17-19-21-23-25-27-29-31-33-35-37-39-41-46-58-51(53)48-44-43-45-49(60(55,56)57)50(48)52(54)59-47-42-40-38-36-34-32-30-28-26-24-22-20-18-16-14-12-10-8-6-4-2/h17-20,43-45H,3-16,21-42,46-47H2,1-2H3,(H,55,56,57)/b19-17+,20-18+. The van der Waals surface area contributed by atoms with E-state index in [4.69, 9.17) is 9.47 Å². The predicted octanol–water partition coefficient (Wildman–Crippen LogP) is 16.4. The highest BCUT2D eigenvalue weighted by Crippen LogP contribution is 2.23. The minimum Gasteiger partial charge on any atom is -0.462 e. The Kier molecular flexibility index (Phi) is 37.6. The van der Waals surface area contributed by atoms with Crippen molar-refractivity contribution in [1.29, 1.82) is 0 Å². The molecule has 0 atom stereocenters. The summed E-state index contributed by atoms with van der Waals surface area (Å²) in [5, 5.41) is 0. The maximum atomic E-state index is 13.1. The quantitative estimate of drug-likeness (QED) is 0.0302. The summed E-state index contributed by atoms with van der Waals surface area (Å²) in [5.74, 6) is -1.74. The summed E-state index contributed by atoms with van der Waals surface area (Å²) in [6, 6.07) is 3.77. The van der Waals surface area contributed by atoms with Crippen LogP contribution in [0.25, 0.3) is 0 Å². The van der Waals surface area contributed by atoms with Gasteiger partial charge < -0.3 is 9.47 Å². The summed E-state index contributed by atoms with van der Waals surface area (Å²) in [4.78, 5) is 25.5. The molecule has 8 heteroatoms. The van der Waals surface area contributed by atoms with E-state index in [9.17, 15) is 22.6 Å². The fraction of sp³-hybridized carbons (Fsp3) is 0.769. The van der Waals surface area contributed by atoms with E-state index >= 15 is 0 Å². The van der Waals surface area contributed by atoms with Gasteiger partial charge in [0.15, 0.2) is 0 Å². The molecule has 1 aromatic rings.